The van der Waals surface area contributed by atoms with Gasteiger partial charge in [0.25, 0.3) is 11.8 Å². The maximum absolute atomic E-state index is 12.0. The third kappa shape index (κ3) is 3.91. The Morgan fingerprint density at radius 2 is 1.68 bits per heavy atom. The molecule has 0 aliphatic carbocycles. The van der Waals surface area contributed by atoms with Crippen LogP contribution in [0.25, 0.3) is 0 Å². The topological polar surface area (TPSA) is 62.3 Å². The highest BCUT2D eigenvalue weighted by molar-refractivity contribution is 5.94. The molecule has 0 atom stereocenters. The molecule has 114 valence electrons. The summed E-state index contributed by atoms with van der Waals surface area (Å²) in [7, 11) is 3.43. The van der Waals surface area contributed by atoms with E-state index in [1.165, 1.54) is 4.90 Å². The van der Waals surface area contributed by atoms with Crippen LogP contribution in [0.5, 0.6) is 0 Å². The van der Waals surface area contributed by atoms with Crippen molar-refractivity contribution in [3.63, 3.8) is 0 Å². The molecule has 0 radical (unpaired) electrons. The predicted octanol–water partition coefficient (Wildman–Crippen LogP) is 2.02. The van der Waals surface area contributed by atoms with E-state index in [0.717, 1.165) is 11.3 Å². The van der Waals surface area contributed by atoms with Crippen molar-refractivity contribution in [2.24, 2.45) is 0 Å². The van der Waals surface area contributed by atoms with Crippen molar-refractivity contribution in [3.05, 3.63) is 65.0 Å². The summed E-state index contributed by atoms with van der Waals surface area (Å²) in [6, 6.07) is 10.7. The summed E-state index contributed by atoms with van der Waals surface area (Å²) >= 11 is 0. The van der Waals surface area contributed by atoms with Gasteiger partial charge in [0.15, 0.2) is 0 Å². The Hall–Kier alpha value is -2.69. The molecule has 5 heteroatoms. The van der Waals surface area contributed by atoms with Gasteiger partial charge < -0.3 is 10.2 Å². The standard InChI is InChI=1S/C17H19N3O2/c1-12-4-7-15(11-18-12)16(21)19-10-13-5-8-14(9-6-13)17(22)20(2)3/h4-9,11H,10H2,1-3H3,(H,19,21). The fourth-order valence-corrected chi connectivity index (χ4v) is 1.91. The summed E-state index contributed by atoms with van der Waals surface area (Å²) in [4.78, 5) is 29.4. The van der Waals surface area contributed by atoms with E-state index in [-0.39, 0.29) is 11.8 Å². The monoisotopic (exact) mass is 297 g/mol. The van der Waals surface area contributed by atoms with Crippen LogP contribution in [0.4, 0.5) is 0 Å². The van der Waals surface area contributed by atoms with Crippen LogP contribution < -0.4 is 5.32 Å². The molecule has 0 unspecified atom stereocenters. The van der Waals surface area contributed by atoms with Crippen LogP contribution in [0, 0.1) is 6.92 Å². The highest BCUT2D eigenvalue weighted by Gasteiger charge is 2.08. The zero-order valence-electron chi connectivity index (χ0n) is 13.0. The van der Waals surface area contributed by atoms with Gasteiger partial charge in [0.2, 0.25) is 0 Å². The minimum atomic E-state index is -0.166. The van der Waals surface area contributed by atoms with Gasteiger partial charge in [0, 0.05) is 38.1 Å². The fourth-order valence-electron chi connectivity index (χ4n) is 1.91. The minimum absolute atomic E-state index is 0.0404. The zero-order chi connectivity index (χ0) is 16.1. The zero-order valence-corrected chi connectivity index (χ0v) is 13.0. The van der Waals surface area contributed by atoms with E-state index in [9.17, 15) is 9.59 Å². The lowest BCUT2D eigenvalue weighted by Gasteiger charge is -2.11. The highest BCUT2D eigenvalue weighted by atomic mass is 16.2. The van der Waals surface area contributed by atoms with E-state index in [0.29, 0.717) is 17.7 Å². The van der Waals surface area contributed by atoms with E-state index < -0.39 is 0 Å². The Balaban J connectivity index is 1.95. The van der Waals surface area contributed by atoms with Gasteiger partial charge in [-0.2, -0.15) is 0 Å². The van der Waals surface area contributed by atoms with Gasteiger partial charge in [-0.3, -0.25) is 14.6 Å². The van der Waals surface area contributed by atoms with Gasteiger partial charge in [0.1, 0.15) is 0 Å². The molecule has 2 aromatic rings. The molecule has 0 aliphatic heterocycles. The average molecular weight is 297 g/mol. The first kappa shape index (κ1) is 15.7. The maximum Gasteiger partial charge on any atom is 0.253 e. The van der Waals surface area contributed by atoms with Gasteiger partial charge in [0.05, 0.1) is 5.56 Å². The number of benzene rings is 1. The van der Waals surface area contributed by atoms with Crippen LogP contribution >= 0.6 is 0 Å². The summed E-state index contributed by atoms with van der Waals surface area (Å²) in [5, 5.41) is 2.83. The molecule has 1 aromatic carbocycles. The summed E-state index contributed by atoms with van der Waals surface area (Å²) in [5.74, 6) is -0.206. The molecule has 22 heavy (non-hydrogen) atoms. The van der Waals surface area contributed by atoms with Crippen molar-refractivity contribution in [1.29, 1.82) is 0 Å². The fraction of sp³-hybridized carbons (Fsp3) is 0.235. The molecule has 0 aliphatic rings. The van der Waals surface area contributed by atoms with Crippen LogP contribution in [0.1, 0.15) is 32.0 Å². The van der Waals surface area contributed by atoms with Gasteiger partial charge in [-0.25, -0.2) is 0 Å². The summed E-state index contributed by atoms with van der Waals surface area (Å²) in [5.41, 5.74) is 2.97. The van der Waals surface area contributed by atoms with Gasteiger partial charge in [-0.15, -0.1) is 0 Å². The molecule has 0 bridgehead atoms. The summed E-state index contributed by atoms with van der Waals surface area (Å²) < 4.78 is 0. The lowest BCUT2D eigenvalue weighted by atomic mass is 10.1. The molecular formula is C17H19N3O2. The van der Waals surface area contributed by atoms with Crippen molar-refractivity contribution in [2.45, 2.75) is 13.5 Å². The molecule has 1 N–H and O–H groups in total. The number of nitrogens with one attached hydrogen (secondary N) is 1. The number of rotatable bonds is 4. The first-order valence-corrected chi connectivity index (χ1v) is 6.99. The molecule has 1 aromatic heterocycles. The van der Waals surface area contributed by atoms with Gasteiger partial charge in [-0.05, 0) is 36.8 Å². The van der Waals surface area contributed by atoms with E-state index in [1.807, 2.05) is 19.1 Å². The largest absolute Gasteiger partial charge is 0.348 e. The third-order valence-electron chi connectivity index (χ3n) is 3.23. The molecule has 5 nitrogen and oxygen atoms in total. The third-order valence-corrected chi connectivity index (χ3v) is 3.23. The molecule has 0 spiro atoms. The van der Waals surface area contributed by atoms with Crippen LogP contribution in [-0.2, 0) is 6.54 Å². The Morgan fingerprint density at radius 3 is 2.23 bits per heavy atom. The molecule has 2 amide bonds. The van der Waals surface area contributed by atoms with Gasteiger partial charge in [-0.1, -0.05) is 12.1 Å². The number of pyridine rings is 1. The first-order valence-electron chi connectivity index (χ1n) is 6.99. The maximum atomic E-state index is 12.0. The Bertz CT molecular complexity index is 661. The summed E-state index contributed by atoms with van der Waals surface area (Å²) in [6.45, 7) is 2.28. The lowest BCUT2D eigenvalue weighted by molar-refractivity contribution is 0.0827. The number of aryl methyl sites for hydroxylation is 1. The molecule has 0 saturated heterocycles. The SMILES string of the molecule is Cc1ccc(C(=O)NCc2ccc(C(=O)N(C)C)cc2)cn1. The van der Waals surface area contributed by atoms with E-state index in [2.05, 4.69) is 10.3 Å². The van der Waals surface area contributed by atoms with E-state index in [4.69, 9.17) is 0 Å². The average Bonchev–Trinajstić information content (AvgIpc) is 2.53. The number of nitrogens with zero attached hydrogens (tertiary/aromatic N) is 2. The van der Waals surface area contributed by atoms with Crippen molar-refractivity contribution in [2.75, 3.05) is 14.1 Å². The number of hydrogen-bond donors (Lipinski definition) is 1. The van der Waals surface area contributed by atoms with E-state index >= 15 is 0 Å². The van der Waals surface area contributed by atoms with Crippen molar-refractivity contribution in [3.8, 4) is 0 Å². The summed E-state index contributed by atoms with van der Waals surface area (Å²) in [6.07, 6.45) is 1.56. The number of hydrogen-bond acceptors (Lipinski definition) is 3. The quantitative estimate of drug-likeness (QED) is 0.939. The highest BCUT2D eigenvalue weighted by Crippen LogP contribution is 2.07. The normalized spacial score (nSPS) is 10.1. The number of aromatic nitrogens is 1. The molecule has 1 heterocycles. The van der Waals surface area contributed by atoms with Crippen molar-refractivity contribution in [1.82, 2.24) is 15.2 Å². The molecule has 0 fully saturated rings. The second-order valence-electron chi connectivity index (χ2n) is 5.27. The second kappa shape index (κ2) is 6.85. The number of carbonyl (C=O) groups excluding carboxylic acids is 2. The van der Waals surface area contributed by atoms with Crippen LogP contribution in [0.2, 0.25) is 0 Å². The number of carbonyl (C=O) groups is 2. The van der Waals surface area contributed by atoms with Crippen LogP contribution in [0.15, 0.2) is 42.6 Å². The Labute approximate surface area is 130 Å². The molecular weight excluding hydrogens is 278 g/mol. The lowest BCUT2D eigenvalue weighted by Crippen LogP contribution is -2.23. The smallest absolute Gasteiger partial charge is 0.253 e. The van der Waals surface area contributed by atoms with Crippen molar-refractivity contribution < 1.29 is 9.59 Å². The predicted molar refractivity (Wildman–Crippen MR) is 84.6 cm³/mol. The molecule has 0 saturated carbocycles. The van der Waals surface area contributed by atoms with Gasteiger partial charge >= 0.3 is 0 Å². The Morgan fingerprint density at radius 1 is 1.05 bits per heavy atom. The van der Waals surface area contributed by atoms with Crippen LogP contribution in [0.3, 0.4) is 0 Å². The van der Waals surface area contributed by atoms with Crippen LogP contribution in [-0.4, -0.2) is 35.8 Å². The van der Waals surface area contributed by atoms with E-state index in [1.54, 1.807) is 44.6 Å². The first-order chi connectivity index (χ1) is 10.5. The van der Waals surface area contributed by atoms with Crippen molar-refractivity contribution >= 4 is 11.8 Å². The molecule has 2 rings (SSSR count). The number of amides is 2. The minimum Gasteiger partial charge on any atom is -0.348 e. The second-order valence-corrected chi connectivity index (χ2v) is 5.27. The Kier molecular flexibility index (Phi) is 4.88.